The van der Waals surface area contributed by atoms with Gasteiger partial charge in [-0.1, -0.05) is 0 Å². The van der Waals surface area contributed by atoms with E-state index in [2.05, 4.69) is 20.3 Å². The molecule has 0 bridgehead atoms. The third-order valence-electron chi connectivity index (χ3n) is 2.86. The van der Waals surface area contributed by atoms with E-state index in [9.17, 15) is 8.42 Å². The number of nitrogens with one attached hydrogen (secondary N) is 1. The Hall–Kier alpha value is -1.64. The number of hydrogen-bond donors (Lipinski definition) is 2. The standard InChI is InChI=1S/C10H17N5O3S/c1-2-18-10-14-8(11)13-9(15-10)12-6-7-4-3-5-19(7,16)17/h7H,2-6H2,1H3,(H3,11,12,13,14,15). The van der Waals surface area contributed by atoms with Gasteiger partial charge in [-0.25, -0.2) is 8.42 Å². The smallest absolute Gasteiger partial charge is 0.323 e. The van der Waals surface area contributed by atoms with Gasteiger partial charge in [0.15, 0.2) is 9.84 Å². The Morgan fingerprint density at radius 3 is 2.84 bits per heavy atom. The molecule has 8 nitrogen and oxygen atoms in total. The summed E-state index contributed by atoms with van der Waals surface area (Å²) in [7, 11) is -2.98. The van der Waals surface area contributed by atoms with Gasteiger partial charge in [0.2, 0.25) is 11.9 Å². The molecule has 1 aliphatic heterocycles. The van der Waals surface area contributed by atoms with Crippen molar-refractivity contribution in [2.75, 3.05) is 30.0 Å². The van der Waals surface area contributed by atoms with Crippen LogP contribution in [0.25, 0.3) is 0 Å². The summed E-state index contributed by atoms with van der Waals surface area (Å²) in [6, 6.07) is 0.131. The predicted octanol–water partition coefficient (Wildman–Crippen LogP) is -0.158. The van der Waals surface area contributed by atoms with Gasteiger partial charge in [-0.15, -0.1) is 0 Å². The van der Waals surface area contributed by atoms with E-state index in [1.807, 2.05) is 0 Å². The van der Waals surface area contributed by atoms with Crippen molar-refractivity contribution in [3.63, 3.8) is 0 Å². The minimum Gasteiger partial charge on any atom is -0.464 e. The zero-order valence-corrected chi connectivity index (χ0v) is 11.5. The second kappa shape index (κ2) is 5.55. The van der Waals surface area contributed by atoms with Crippen LogP contribution in [-0.4, -0.2) is 47.5 Å². The third kappa shape index (κ3) is 3.43. The molecule has 3 N–H and O–H groups in total. The average molecular weight is 287 g/mol. The molecule has 19 heavy (non-hydrogen) atoms. The van der Waals surface area contributed by atoms with Crippen LogP contribution in [0.15, 0.2) is 0 Å². The van der Waals surface area contributed by atoms with Gasteiger partial charge in [0.05, 0.1) is 17.6 Å². The maximum Gasteiger partial charge on any atom is 0.323 e. The normalized spacial score (nSPS) is 21.2. The first kappa shape index (κ1) is 13.8. The van der Waals surface area contributed by atoms with E-state index in [-0.39, 0.29) is 35.5 Å². The van der Waals surface area contributed by atoms with Crippen LogP contribution in [0.2, 0.25) is 0 Å². The van der Waals surface area contributed by atoms with Gasteiger partial charge in [-0.05, 0) is 19.8 Å². The molecule has 2 rings (SSSR count). The van der Waals surface area contributed by atoms with E-state index >= 15 is 0 Å². The Kier molecular flexibility index (Phi) is 4.03. The van der Waals surface area contributed by atoms with Crippen molar-refractivity contribution in [1.29, 1.82) is 0 Å². The van der Waals surface area contributed by atoms with Gasteiger partial charge in [0, 0.05) is 6.54 Å². The molecular formula is C10H17N5O3S. The molecule has 1 fully saturated rings. The lowest BCUT2D eigenvalue weighted by Crippen LogP contribution is -2.26. The second-order valence-corrected chi connectivity index (χ2v) is 6.65. The quantitative estimate of drug-likeness (QED) is 0.766. The van der Waals surface area contributed by atoms with Crippen molar-refractivity contribution < 1.29 is 13.2 Å². The van der Waals surface area contributed by atoms with Crippen LogP contribution < -0.4 is 15.8 Å². The topological polar surface area (TPSA) is 120 Å². The Balaban J connectivity index is 2.03. The van der Waals surface area contributed by atoms with E-state index in [0.29, 0.717) is 19.4 Å². The van der Waals surface area contributed by atoms with E-state index in [4.69, 9.17) is 10.5 Å². The number of nitrogen functional groups attached to an aromatic ring is 1. The monoisotopic (exact) mass is 287 g/mol. The molecule has 1 aromatic rings. The van der Waals surface area contributed by atoms with Gasteiger partial charge in [-0.3, -0.25) is 0 Å². The van der Waals surface area contributed by atoms with Gasteiger partial charge >= 0.3 is 6.01 Å². The summed E-state index contributed by atoms with van der Waals surface area (Å²) in [5, 5.41) is 2.49. The molecule has 106 valence electrons. The first-order chi connectivity index (χ1) is 9.01. The fourth-order valence-electron chi connectivity index (χ4n) is 1.94. The minimum atomic E-state index is -2.98. The number of aromatic nitrogens is 3. The molecule has 2 heterocycles. The number of anilines is 2. The molecule has 0 saturated carbocycles. The van der Waals surface area contributed by atoms with Crippen LogP contribution >= 0.6 is 0 Å². The fraction of sp³-hybridized carbons (Fsp3) is 0.700. The first-order valence-corrected chi connectivity index (χ1v) is 7.82. The Bertz CT molecular complexity index is 548. The Morgan fingerprint density at radius 2 is 2.21 bits per heavy atom. The molecular weight excluding hydrogens is 270 g/mol. The highest BCUT2D eigenvalue weighted by Gasteiger charge is 2.31. The average Bonchev–Trinajstić information content (AvgIpc) is 2.65. The van der Waals surface area contributed by atoms with E-state index in [1.165, 1.54) is 0 Å². The molecule has 0 spiro atoms. The highest BCUT2D eigenvalue weighted by atomic mass is 32.2. The molecule has 0 radical (unpaired) electrons. The summed E-state index contributed by atoms with van der Waals surface area (Å²) in [5.41, 5.74) is 5.53. The molecule has 1 saturated heterocycles. The number of rotatable bonds is 5. The zero-order valence-electron chi connectivity index (χ0n) is 10.7. The number of nitrogens with two attached hydrogens (primary N) is 1. The van der Waals surface area contributed by atoms with Crippen LogP contribution in [0, 0.1) is 0 Å². The Morgan fingerprint density at radius 1 is 1.42 bits per heavy atom. The lowest BCUT2D eigenvalue weighted by atomic mass is 10.2. The van der Waals surface area contributed by atoms with E-state index in [0.717, 1.165) is 0 Å². The van der Waals surface area contributed by atoms with Crippen molar-refractivity contribution in [3.05, 3.63) is 0 Å². The summed E-state index contributed by atoms with van der Waals surface area (Å²) in [5.74, 6) is 0.524. The molecule has 0 aromatic carbocycles. The molecule has 9 heteroatoms. The van der Waals surface area contributed by atoms with Crippen LogP contribution in [0.3, 0.4) is 0 Å². The van der Waals surface area contributed by atoms with Crippen LogP contribution in [-0.2, 0) is 9.84 Å². The largest absolute Gasteiger partial charge is 0.464 e. The first-order valence-electron chi connectivity index (χ1n) is 6.11. The second-order valence-electron chi connectivity index (χ2n) is 4.24. The summed E-state index contributed by atoms with van der Waals surface area (Å²) < 4.78 is 28.5. The minimum absolute atomic E-state index is 0.0372. The van der Waals surface area contributed by atoms with Crippen molar-refractivity contribution in [1.82, 2.24) is 15.0 Å². The molecule has 1 aliphatic rings. The lowest BCUT2D eigenvalue weighted by molar-refractivity contribution is 0.312. The van der Waals surface area contributed by atoms with Crippen LogP contribution in [0.5, 0.6) is 6.01 Å². The molecule has 1 aromatic heterocycles. The van der Waals surface area contributed by atoms with Crippen molar-refractivity contribution in [3.8, 4) is 6.01 Å². The third-order valence-corrected chi connectivity index (χ3v) is 5.13. The summed E-state index contributed by atoms with van der Waals surface area (Å²) >= 11 is 0. The number of hydrogen-bond acceptors (Lipinski definition) is 8. The fourth-order valence-corrected chi connectivity index (χ4v) is 3.70. The van der Waals surface area contributed by atoms with Crippen LogP contribution in [0.1, 0.15) is 19.8 Å². The molecule has 0 amide bonds. The van der Waals surface area contributed by atoms with Gasteiger partial charge < -0.3 is 15.8 Å². The SMILES string of the molecule is CCOc1nc(N)nc(NCC2CCCS2(=O)=O)n1. The zero-order chi connectivity index (χ0) is 13.9. The molecule has 1 atom stereocenters. The maximum absolute atomic E-state index is 11.7. The maximum atomic E-state index is 11.7. The summed E-state index contributed by atoms with van der Waals surface area (Å²) in [6.45, 7) is 2.50. The van der Waals surface area contributed by atoms with E-state index < -0.39 is 9.84 Å². The van der Waals surface area contributed by atoms with Gasteiger partial charge in [0.1, 0.15) is 0 Å². The predicted molar refractivity (Wildman–Crippen MR) is 70.7 cm³/mol. The van der Waals surface area contributed by atoms with E-state index in [1.54, 1.807) is 6.92 Å². The number of sulfone groups is 1. The Labute approximate surface area is 111 Å². The van der Waals surface area contributed by atoms with Crippen molar-refractivity contribution in [2.24, 2.45) is 0 Å². The summed E-state index contributed by atoms with van der Waals surface area (Å²) in [6.07, 6.45) is 1.37. The number of nitrogens with zero attached hydrogens (tertiary/aromatic N) is 3. The number of ether oxygens (including phenoxy) is 1. The summed E-state index contributed by atoms with van der Waals surface area (Å²) in [4.78, 5) is 11.7. The van der Waals surface area contributed by atoms with Gasteiger partial charge in [0.25, 0.3) is 0 Å². The van der Waals surface area contributed by atoms with Crippen molar-refractivity contribution >= 4 is 21.7 Å². The molecule has 1 unspecified atom stereocenters. The highest BCUT2D eigenvalue weighted by molar-refractivity contribution is 7.92. The van der Waals surface area contributed by atoms with Gasteiger partial charge in [-0.2, -0.15) is 15.0 Å². The van der Waals surface area contributed by atoms with Crippen LogP contribution in [0.4, 0.5) is 11.9 Å². The lowest BCUT2D eigenvalue weighted by Gasteiger charge is -2.11. The molecule has 0 aliphatic carbocycles. The van der Waals surface area contributed by atoms with Crippen molar-refractivity contribution in [2.45, 2.75) is 25.0 Å². The highest BCUT2D eigenvalue weighted by Crippen LogP contribution is 2.20.